The molecule has 4 heteroatoms. The SMILES string of the molecule is CC(c1ccc(Br)cc1)[C@]1(C)CCNC1=O.CO. The van der Waals surface area contributed by atoms with Crippen molar-refractivity contribution >= 4 is 21.8 Å². The Morgan fingerprint density at radius 1 is 1.33 bits per heavy atom. The molecule has 1 aromatic rings. The second-order valence-corrected chi connectivity index (χ2v) is 5.61. The number of carbonyl (C=O) groups excluding carboxylic acids is 1. The number of hydrogen-bond donors (Lipinski definition) is 2. The molecule has 0 spiro atoms. The zero-order chi connectivity index (χ0) is 13.8. The van der Waals surface area contributed by atoms with E-state index in [4.69, 9.17) is 5.11 Å². The number of benzene rings is 1. The molecule has 1 aliphatic heterocycles. The van der Waals surface area contributed by atoms with Crippen LogP contribution in [0.3, 0.4) is 0 Å². The summed E-state index contributed by atoms with van der Waals surface area (Å²) in [5, 5.41) is 9.92. The van der Waals surface area contributed by atoms with Crippen LogP contribution in [0.25, 0.3) is 0 Å². The average Bonchev–Trinajstić information content (AvgIpc) is 2.73. The summed E-state index contributed by atoms with van der Waals surface area (Å²) in [4.78, 5) is 11.9. The fourth-order valence-electron chi connectivity index (χ4n) is 2.28. The molecule has 1 saturated heterocycles. The predicted octanol–water partition coefficient (Wildman–Crippen LogP) is 2.69. The topological polar surface area (TPSA) is 49.3 Å². The Balaban J connectivity index is 0.000000771. The molecule has 1 fully saturated rings. The van der Waals surface area contributed by atoms with Gasteiger partial charge in [-0.15, -0.1) is 0 Å². The van der Waals surface area contributed by atoms with Crippen LogP contribution in [0.2, 0.25) is 0 Å². The number of amides is 1. The highest BCUT2D eigenvalue weighted by molar-refractivity contribution is 9.10. The van der Waals surface area contributed by atoms with Gasteiger partial charge in [-0.25, -0.2) is 0 Å². The summed E-state index contributed by atoms with van der Waals surface area (Å²) >= 11 is 3.42. The molecule has 1 aliphatic rings. The summed E-state index contributed by atoms with van der Waals surface area (Å²) in [6.45, 7) is 4.99. The first-order chi connectivity index (χ1) is 8.54. The first-order valence-corrected chi connectivity index (χ1v) is 6.82. The van der Waals surface area contributed by atoms with E-state index in [1.165, 1.54) is 5.56 Å². The van der Waals surface area contributed by atoms with Gasteiger partial charge in [0.05, 0.1) is 5.41 Å². The smallest absolute Gasteiger partial charge is 0.226 e. The number of aliphatic hydroxyl groups is 1. The number of aliphatic hydroxyl groups excluding tert-OH is 1. The van der Waals surface area contributed by atoms with E-state index in [0.29, 0.717) is 0 Å². The Kier molecular flexibility index (Phi) is 5.35. The molecule has 1 aromatic carbocycles. The summed E-state index contributed by atoms with van der Waals surface area (Å²) < 4.78 is 1.07. The molecule has 0 radical (unpaired) electrons. The zero-order valence-corrected chi connectivity index (χ0v) is 12.6. The minimum Gasteiger partial charge on any atom is -0.400 e. The molecule has 0 aromatic heterocycles. The Morgan fingerprint density at radius 2 is 1.89 bits per heavy atom. The van der Waals surface area contributed by atoms with Crippen molar-refractivity contribution in [2.45, 2.75) is 26.2 Å². The monoisotopic (exact) mass is 313 g/mol. The number of hydrogen-bond acceptors (Lipinski definition) is 2. The van der Waals surface area contributed by atoms with Crippen LogP contribution in [0.5, 0.6) is 0 Å². The van der Waals surface area contributed by atoms with Crippen molar-refractivity contribution in [2.75, 3.05) is 13.7 Å². The van der Waals surface area contributed by atoms with E-state index >= 15 is 0 Å². The number of halogens is 1. The highest BCUT2D eigenvalue weighted by Gasteiger charge is 2.42. The molecule has 0 saturated carbocycles. The average molecular weight is 314 g/mol. The van der Waals surface area contributed by atoms with E-state index in [9.17, 15) is 4.79 Å². The molecule has 1 amide bonds. The lowest BCUT2D eigenvalue weighted by molar-refractivity contribution is -0.127. The molecule has 2 atom stereocenters. The van der Waals surface area contributed by atoms with Crippen molar-refractivity contribution in [3.05, 3.63) is 34.3 Å². The molecule has 1 heterocycles. The second-order valence-electron chi connectivity index (χ2n) is 4.70. The minimum absolute atomic E-state index is 0.183. The van der Waals surface area contributed by atoms with Crippen molar-refractivity contribution in [1.82, 2.24) is 5.32 Å². The molecule has 2 N–H and O–H groups in total. The van der Waals surface area contributed by atoms with E-state index in [-0.39, 0.29) is 17.2 Å². The van der Waals surface area contributed by atoms with Crippen LogP contribution < -0.4 is 5.32 Å². The fraction of sp³-hybridized carbons (Fsp3) is 0.500. The van der Waals surface area contributed by atoms with Crippen LogP contribution in [-0.2, 0) is 4.79 Å². The first-order valence-electron chi connectivity index (χ1n) is 6.02. The highest BCUT2D eigenvalue weighted by Crippen LogP contribution is 2.41. The normalized spacial score (nSPS) is 23.9. The molecule has 0 aliphatic carbocycles. The van der Waals surface area contributed by atoms with Crippen molar-refractivity contribution in [1.29, 1.82) is 0 Å². The lowest BCUT2D eigenvalue weighted by atomic mass is 9.73. The maximum Gasteiger partial charge on any atom is 0.226 e. The van der Waals surface area contributed by atoms with Gasteiger partial charge in [0.1, 0.15) is 0 Å². The summed E-state index contributed by atoms with van der Waals surface area (Å²) in [6.07, 6.45) is 0.920. The van der Waals surface area contributed by atoms with E-state index in [1.807, 2.05) is 12.1 Å². The van der Waals surface area contributed by atoms with Crippen molar-refractivity contribution < 1.29 is 9.90 Å². The summed E-state index contributed by atoms with van der Waals surface area (Å²) in [5.74, 6) is 0.436. The third-order valence-electron chi connectivity index (χ3n) is 3.77. The van der Waals surface area contributed by atoms with E-state index < -0.39 is 0 Å². The van der Waals surface area contributed by atoms with Gasteiger partial charge in [0.2, 0.25) is 5.91 Å². The van der Waals surface area contributed by atoms with Gasteiger partial charge in [0, 0.05) is 18.1 Å². The second kappa shape index (κ2) is 6.34. The molecule has 0 bridgehead atoms. The van der Waals surface area contributed by atoms with Crippen LogP contribution in [0.4, 0.5) is 0 Å². The van der Waals surface area contributed by atoms with E-state index in [0.717, 1.165) is 24.5 Å². The van der Waals surface area contributed by atoms with Gasteiger partial charge < -0.3 is 10.4 Å². The number of rotatable bonds is 2. The van der Waals surface area contributed by atoms with Crippen LogP contribution >= 0.6 is 15.9 Å². The first kappa shape index (κ1) is 15.2. The lowest BCUT2D eigenvalue weighted by Crippen LogP contribution is -2.33. The fourth-order valence-corrected chi connectivity index (χ4v) is 2.55. The number of nitrogens with one attached hydrogen (secondary N) is 1. The molecule has 1 unspecified atom stereocenters. The molecule has 2 rings (SSSR count). The maximum atomic E-state index is 11.9. The molecule has 100 valence electrons. The third kappa shape index (κ3) is 2.93. The third-order valence-corrected chi connectivity index (χ3v) is 4.30. The zero-order valence-electron chi connectivity index (χ0n) is 11.0. The van der Waals surface area contributed by atoms with Gasteiger partial charge in [-0.1, -0.05) is 41.9 Å². The van der Waals surface area contributed by atoms with Gasteiger partial charge in [-0.2, -0.15) is 0 Å². The minimum atomic E-state index is -0.256. The van der Waals surface area contributed by atoms with Gasteiger partial charge in [0.15, 0.2) is 0 Å². The van der Waals surface area contributed by atoms with Gasteiger partial charge in [-0.05, 0) is 30.0 Å². The summed E-state index contributed by atoms with van der Waals surface area (Å²) in [7, 11) is 1.00. The number of carbonyl (C=O) groups is 1. The Morgan fingerprint density at radius 3 is 2.33 bits per heavy atom. The Labute approximate surface area is 117 Å². The Bertz CT molecular complexity index is 405. The summed E-state index contributed by atoms with van der Waals surface area (Å²) in [5.41, 5.74) is 0.969. The molecule has 18 heavy (non-hydrogen) atoms. The lowest BCUT2D eigenvalue weighted by Gasteiger charge is -2.28. The van der Waals surface area contributed by atoms with Crippen LogP contribution in [0.1, 0.15) is 31.7 Å². The van der Waals surface area contributed by atoms with Crippen molar-refractivity contribution in [3.63, 3.8) is 0 Å². The van der Waals surface area contributed by atoms with Gasteiger partial charge in [0.25, 0.3) is 0 Å². The molecule has 3 nitrogen and oxygen atoms in total. The Hall–Kier alpha value is -0.870. The summed E-state index contributed by atoms with van der Waals surface area (Å²) in [6, 6.07) is 8.24. The van der Waals surface area contributed by atoms with Crippen LogP contribution in [-0.4, -0.2) is 24.7 Å². The molecular formula is C14H20BrNO2. The predicted molar refractivity (Wildman–Crippen MR) is 76.4 cm³/mol. The quantitative estimate of drug-likeness (QED) is 0.882. The van der Waals surface area contributed by atoms with Crippen molar-refractivity contribution in [2.24, 2.45) is 5.41 Å². The molecular weight excluding hydrogens is 294 g/mol. The van der Waals surface area contributed by atoms with E-state index in [2.05, 4.69) is 47.2 Å². The van der Waals surface area contributed by atoms with Gasteiger partial charge >= 0.3 is 0 Å². The van der Waals surface area contributed by atoms with Gasteiger partial charge in [-0.3, -0.25) is 4.79 Å². The highest BCUT2D eigenvalue weighted by atomic mass is 79.9. The maximum absolute atomic E-state index is 11.9. The van der Waals surface area contributed by atoms with Crippen LogP contribution in [0.15, 0.2) is 28.7 Å². The van der Waals surface area contributed by atoms with E-state index in [1.54, 1.807) is 0 Å². The van der Waals surface area contributed by atoms with Crippen molar-refractivity contribution in [3.8, 4) is 0 Å². The van der Waals surface area contributed by atoms with Crippen LogP contribution in [0, 0.1) is 5.41 Å². The standard InChI is InChI=1S/C13H16BrNO.CH4O/c1-9(10-3-5-11(14)6-4-10)13(2)7-8-15-12(13)16;1-2/h3-6,9H,7-8H2,1-2H3,(H,15,16);2H,1H3/t9?,13-;/m0./s1. The largest absolute Gasteiger partial charge is 0.400 e.